The van der Waals surface area contributed by atoms with E-state index in [1.54, 1.807) is 19.5 Å². The van der Waals surface area contributed by atoms with Crippen LogP contribution in [0, 0.1) is 6.92 Å². The number of rotatable bonds is 4. The second-order valence-corrected chi connectivity index (χ2v) is 6.87. The van der Waals surface area contributed by atoms with Crippen LogP contribution in [-0.2, 0) is 13.0 Å². The smallest absolute Gasteiger partial charge is 0.257 e. The zero-order valence-electron chi connectivity index (χ0n) is 16.0. The standard InChI is InChI=1S/C22H22N4O2/c1-15-7-8-20(28-2)19(11-15)25-22-23-12-18(13-24-22)21(27)26-10-9-16-5-3-4-6-17(16)14-26/h3-8,11-13H,9-10,14H2,1-2H3,(H,23,24,25). The molecule has 0 spiro atoms. The van der Waals surface area contributed by atoms with Crippen LogP contribution in [0.4, 0.5) is 11.6 Å². The second kappa shape index (κ2) is 7.68. The minimum atomic E-state index is -0.0470. The van der Waals surface area contributed by atoms with Crippen molar-refractivity contribution in [3.63, 3.8) is 0 Å². The Morgan fingerprint density at radius 1 is 1.11 bits per heavy atom. The number of ether oxygens (including phenoxy) is 1. The number of nitrogens with zero attached hydrogens (tertiary/aromatic N) is 3. The molecule has 1 aliphatic rings. The van der Waals surface area contributed by atoms with E-state index in [9.17, 15) is 4.79 Å². The molecule has 3 aromatic rings. The molecule has 1 aromatic heterocycles. The van der Waals surface area contributed by atoms with E-state index in [4.69, 9.17) is 4.74 Å². The molecule has 6 heteroatoms. The van der Waals surface area contributed by atoms with Crippen molar-refractivity contribution in [3.8, 4) is 5.75 Å². The van der Waals surface area contributed by atoms with Gasteiger partial charge in [0, 0.05) is 25.5 Å². The highest BCUT2D eigenvalue weighted by Gasteiger charge is 2.22. The number of aromatic nitrogens is 2. The quantitative estimate of drug-likeness (QED) is 0.754. The topological polar surface area (TPSA) is 67.3 Å². The SMILES string of the molecule is COc1ccc(C)cc1Nc1ncc(C(=O)N2CCc3ccccc3C2)cn1. The fourth-order valence-corrected chi connectivity index (χ4v) is 3.39. The van der Waals surface area contributed by atoms with E-state index in [2.05, 4.69) is 27.4 Å². The average Bonchev–Trinajstić information content (AvgIpc) is 2.73. The van der Waals surface area contributed by atoms with Crippen molar-refractivity contribution < 1.29 is 9.53 Å². The molecule has 0 unspecified atom stereocenters. The van der Waals surface area contributed by atoms with Crippen molar-refractivity contribution in [1.29, 1.82) is 0 Å². The van der Waals surface area contributed by atoms with Gasteiger partial charge in [-0.25, -0.2) is 9.97 Å². The highest BCUT2D eigenvalue weighted by molar-refractivity contribution is 5.93. The lowest BCUT2D eigenvalue weighted by Crippen LogP contribution is -2.36. The number of carbonyl (C=O) groups excluding carboxylic acids is 1. The van der Waals surface area contributed by atoms with Gasteiger partial charge in [-0.15, -0.1) is 0 Å². The molecular formula is C22H22N4O2. The molecule has 6 nitrogen and oxygen atoms in total. The van der Waals surface area contributed by atoms with Crippen LogP contribution in [0.3, 0.4) is 0 Å². The number of hydrogen-bond acceptors (Lipinski definition) is 5. The van der Waals surface area contributed by atoms with Crippen LogP contribution in [-0.4, -0.2) is 34.4 Å². The number of carbonyl (C=O) groups is 1. The van der Waals surface area contributed by atoms with Gasteiger partial charge >= 0.3 is 0 Å². The Morgan fingerprint density at radius 3 is 2.61 bits per heavy atom. The summed E-state index contributed by atoms with van der Waals surface area (Å²) in [7, 11) is 1.62. The van der Waals surface area contributed by atoms with E-state index >= 15 is 0 Å². The first-order valence-electron chi connectivity index (χ1n) is 9.24. The van der Waals surface area contributed by atoms with Gasteiger partial charge in [0.25, 0.3) is 5.91 Å². The number of hydrogen-bond donors (Lipinski definition) is 1. The Morgan fingerprint density at radius 2 is 1.86 bits per heavy atom. The van der Waals surface area contributed by atoms with Crippen molar-refractivity contribution >= 4 is 17.5 Å². The van der Waals surface area contributed by atoms with E-state index < -0.39 is 0 Å². The average molecular weight is 374 g/mol. The molecule has 0 saturated heterocycles. The second-order valence-electron chi connectivity index (χ2n) is 6.87. The summed E-state index contributed by atoms with van der Waals surface area (Å²) in [6.07, 6.45) is 4.01. The van der Waals surface area contributed by atoms with Crippen molar-refractivity contribution in [2.24, 2.45) is 0 Å². The predicted molar refractivity (Wildman–Crippen MR) is 108 cm³/mol. The summed E-state index contributed by atoms with van der Waals surface area (Å²) in [5, 5.41) is 3.15. The first kappa shape index (κ1) is 18.0. The zero-order valence-corrected chi connectivity index (χ0v) is 16.0. The largest absolute Gasteiger partial charge is 0.495 e. The van der Waals surface area contributed by atoms with Gasteiger partial charge in [0.15, 0.2) is 0 Å². The Labute approximate surface area is 164 Å². The van der Waals surface area contributed by atoms with Crippen molar-refractivity contribution in [1.82, 2.24) is 14.9 Å². The third-order valence-corrected chi connectivity index (χ3v) is 4.92. The maximum atomic E-state index is 12.8. The van der Waals surface area contributed by atoms with Gasteiger partial charge in [0.1, 0.15) is 5.75 Å². The molecule has 1 amide bonds. The van der Waals surface area contributed by atoms with Crippen LogP contribution in [0.2, 0.25) is 0 Å². The normalized spacial score (nSPS) is 13.0. The fourth-order valence-electron chi connectivity index (χ4n) is 3.39. The number of nitrogens with one attached hydrogen (secondary N) is 1. The molecule has 0 aliphatic carbocycles. The molecule has 2 aromatic carbocycles. The number of fused-ring (bicyclic) bond motifs is 1. The molecule has 0 fully saturated rings. The maximum absolute atomic E-state index is 12.8. The van der Waals surface area contributed by atoms with Gasteiger partial charge < -0.3 is 15.0 Å². The molecule has 0 radical (unpaired) electrons. The van der Waals surface area contributed by atoms with Crippen LogP contribution >= 0.6 is 0 Å². The van der Waals surface area contributed by atoms with Crippen LogP contribution in [0.5, 0.6) is 5.75 Å². The van der Waals surface area contributed by atoms with Crippen LogP contribution in [0.25, 0.3) is 0 Å². The summed E-state index contributed by atoms with van der Waals surface area (Å²) in [5.74, 6) is 1.08. The Hall–Kier alpha value is -3.41. The van der Waals surface area contributed by atoms with Crippen LogP contribution in [0.1, 0.15) is 27.0 Å². The molecule has 1 N–H and O–H groups in total. The first-order chi connectivity index (χ1) is 13.6. The number of amides is 1. The van der Waals surface area contributed by atoms with Gasteiger partial charge in [-0.1, -0.05) is 30.3 Å². The Bertz CT molecular complexity index is 1000. The molecule has 28 heavy (non-hydrogen) atoms. The number of benzene rings is 2. The van der Waals surface area contributed by atoms with Crippen molar-refractivity contribution in [2.75, 3.05) is 19.0 Å². The van der Waals surface area contributed by atoms with Gasteiger partial charge in [-0.3, -0.25) is 4.79 Å². The third kappa shape index (κ3) is 3.67. The lowest BCUT2D eigenvalue weighted by Gasteiger charge is -2.28. The molecule has 1 aliphatic heterocycles. The highest BCUT2D eigenvalue weighted by atomic mass is 16.5. The minimum Gasteiger partial charge on any atom is -0.495 e. The summed E-state index contributed by atoms with van der Waals surface area (Å²) >= 11 is 0. The number of methoxy groups -OCH3 is 1. The Kier molecular flexibility index (Phi) is 4.93. The molecular weight excluding hydrogens is 352 g/mol. The van der Waals surface area contributed by atoms with Crippen LogP contribution < -0.4 is 10.1 Å². The van der Waals surface area contributed by atoms with E-state index in [1.165, 1.54) is 11.1 Å². The first-order valence-corrected chi connectivity index (χ1v) is 9.24. The molecule has 4 rings (SSSR count). The van der Waals surface area contributed by atoms with Gasteiger partial charge in [-0.2, -0.15) is 0 Å². The van der Waals surface area contributed by atoms with Crippen LogP contribution in [0.15, 0.2) is 54.9 Å². The third-order valence-electron chi connectivity index (χ3n) is 4.92. The summed E-state index contributed by atoms with van der Waals surface area (Å²) < 4.78 is 5.36. The summed E-state index contributed by atoms with van der Waals surface area (Å²) in [5.41, 5.74) is 4.89. The highest BCUT2D eigenvalue weighted by Crippen LogP contribution is 2.27. The number of aryl methyl sites for hydroxylation is 1. The molecule has 0 atom stereocenters. The monoisotopic (exact) mass is 374 g/mol. The van der Waals surface area contributed by atoms with E-state index in [0.717, 1.165) is 17.7 Å². The summed E-state index contributed by atoms with van der Waals surface area (Å²) in [6, 6.07) is 14.1. The Balaban J connectivity index is 1.48. The van der Waals surface area contributed by atoms with Crippen molar-refractivity contribution in [3.05, 3.63) is 77.1 Å². The van der Waals surface area contributed by atoms with E-state index in [1.807, 2.05) is 42.2 Å². The van der Waals surface area contributed by atoms with E-state index in [-0.39, 0.29) is 5.91 Å². The van der Waals surface area contributed by atoms with E-state index in [0.29, 0.717) is 30.4 Å². The maximum Gasteiger partial charge on any atom is 0.257 e. The molecule has 0 saturated carbocycles. The number of anilines is 2. The zero-order chi connectivity index (χ0) is 19.5. The molecule has 0 bridgehead atoms. The summed E-state index contributed by atoms with van der Waals surface area (Å²) in [6.45, 7) is 3.33. The van der Waals surface area contributed by atoms with Gasteiger partial charge in [0.2, 0.25) is 5.95 Å². The fraction of sp³-hybridized carbons (Fsp3) is 0.227. The predicted octanol–water partition coefficient (Wildman–Crippen LogP) is 3.74. The lowest BCUT2D eigenvalue weighted by atomic mass is 9.99. The molecule has 142 valence electrons. The molecule has 2 heterocycles. The van der Waals surface area contributed by atoms with Gasteiger partial charge in [-0.05, 0) is 42.2 Å². The minimum absolute atomic E-state index is 0.0470. The lowest BCUT2D eigenvalue weighted by molar-refractivity contribution is 0.0734. The van der Waals surface area contributed by atoms with Crippen molar-refractivity contribution in [2.45, 2.75) is 19.9 Å². The van der Waals surface area contributed by atoms with Gasteiger partial charge in [0.05, 0.1) is 18.4 Å². The summed E-state index contributed by atoms with van der Waals surface area (Å²) in [4.78, 5) is 23.3.